The van der Waals surface area contributed by atoms with E-state index in [0.29, 0.717) is 70.1 Å². The number of rotatable bonds is 8. The number of nitrogens with zero attached hydrogens (tertiary/aromatic N) is 8. The molecule has 0 aromatic carbocycles. The van der Waals surface area contributed by atoms with Gasteiger partial charge in [-0.2, -0.15) is 15.1 Å². The highest BCUT2D eigenvalue weighted by Crippen LogP contribution is 2.26. The number of urea groups is 1. The van der Waals surface area contributed by atoms with E-state index in [2.05, 4.69) is 44.4 Å². The second-order valence-corrected chi connectivity index (χ2v) is 9.65. The van der Waals surface area contributed by atoms with Crippen LogP contribution < -0.4 is 20.4 Å². The highest BCUT2D eigenvalue weighted by molar-refractivity contribution is 5.81. The van der Waals surface area contributed by atoms with Crippen LogP contribution in [0.15, 0.2) is 24.5 Å². The lowest BCUT2D eigenvalue weighted by atomic mass is 10.3. The molecule has 5 rings (SSSR count). The van der Waals surface area contributed by atoms with Gasteiger partial charge in [0.05, 0.1) is 31.5 Å². The number of pyridine rings is 1. The third-order valence-corrected chi connectivity index (χ3v) is 6.69. The smallest absolute Gasteiger partial charge is 0.317 e. The van der Waals surface area contributed by atoms with E-state index in [0.717, 1.165) is 29.8 Å². The van der Waals surface area contributed by atoms with Crippen LogP contribution >= 0.6 is 0 Å². The van der Waals surface area contributed by atoms with E-state index in [4.69, 9.17) is 19.4 Å². The van der Waals surface area contributed by atoms with Gasteiger partial charge in [-0.05, 0) is 13.8 Å². The Balaban J connectivity index is 1.36. The molecule has 0 bridgehead atoms. The van der Waals surface area contributed by atoms with Crippen molar-refractivity contribution in [1.82, 2.24) is 34.9 Å². The van der Waals surface area contributed by atoms with E-state index in [-0.39, 0.29) is 12.1 Å². The highest BCUT2D eigenvalue weighted by atomic mass is 16.5. The average Bonchev–Trinajstić information content (AvgIpc) is 3.37. The Morgan fingerprint density at radius 2 is 1.82 bits per heavy atom. The summed E-state index contributed by atoms with van der Waals surface area (Å²) in [6, 6.07) is 4.12. The Hall–Kier alpha value is -3.71. The molecule has 3 aromatic heterocycles. The van der Waals surface area contributed by atoms with Gasteiger partial charge in [-0.25, -0.2) is 9.78 Å². The summed E-state index contributed by atoms with van der Waals surface area (Å²) >= 11 is 0. The van der Waals surface area contributed by atoms with Gasteiger partial charge in [0.1, 0.15) is 17.5 Å². The minimum absolute atomic E-state index is 0.0668. The zero-order chi connectivity index (χ0) is 26.5. The van der Waals surface area contributed by atoms with Crippen LogP contribution in [0.25, 0.3) is 10.9 Å². The van der Waals surface area contributed by atoms with E-state index in [9.17, 15) is 4.79 Å². The zero-order valence-corrected chi connectivity index (χ0v) is 22.3. The molecule has 5 heterocycles. The Morgan fingerprint density at radius 1 is 1.03 bits per heavy atom. The number of methoxy groups -OCH3 is 1. The van der Waals surface area contributed by atoms with E-state index in [1.165, 1.54) is 0 Å². The van der Waals surface area contributed by atoms with Crippen LogP contribution in [-0.4, -0.2) is 108 Å². The lowest BCUT2D eigenvalue weighted by Gasteiger charge is -2.36. The molecule has 13 nitrogen and oxygen atoms in total. The van der Waals surface area contributed by atoms with Gasteiger partial charge in [-0.15, -0.1) is 0 Å². The second-order valence-electron chi connectivity index (χ2n) is 9.65. The third kappa shape index (κ3) is 5.89. The predicted molar refractivity (Wildman–Crippen MR) is 145 cm³/mol. The minimum Gasteiger partial charge on any atom is -0.383 e. The van der Waals surface area contributed by atoms with Gasteiger partial charge in [0.15, 0.2) is 0 Å². The summed E-state index contributed by atoms with van der Waals surface area (Å²) in [6.07, 6.45) is 3.66. The van der Waals surface area contributed by atoms with Crippen molar-refractivity contribution in [3.63, 3.8) is 0 Å². The van der Waals surface area contributed by atoms with Crippen LogP contribution in [0.2, 0.25) is 0 Å². The van der Waals surface area contributed by atoms with E-state index < -0.39 is 0 Å². The van der Waals surface area contributed by atoms with Crippen LogP contribution in [0.5, 0.6) is 0 Å². The fraction of sp³-hybridized carbons (Fsp3) is 0.560. The molecular formula is C25H36N10O3. The number of piperazine rings is 1. The molecule has 2 fully saturated rings. The summed E-state index contributed by atoms with van der Waals surface area (Å²) in [5, 5.41) is 11.8. The lowest BCUT2D eigenvalue weighted by molar-refractivity contribution is 0.122. The molecule has 38 heavy (non-hydrogen) atoms. The van der Waals surface area contributed by atoms with Crippen LogP contribution in [0, 0.1) is 0 Å². The Kier molecular flexibility index (Phi) is 8.03. The first-order chi connectivity index (χ1) is 18.5. The number of fused-ring (bicyclic) bond motifs is 1. The number of hydrogen-bond acceptors (Lipinski definition) is 10. The summed E-state index contributed by atoms with van der Waals surface area (Å²) in [7, 11) is 1.62. The highest BCUT2D eigenvalue weighted by Gasteiger charge is 2.24. The number of aromatic nitrogens is 5. The number of ether oxygens (including phenoxy) is 2. The number of anilines is 4. The number of amides is 2. The molecule has 3 aromatic rings. The van der Waals surface area contributed by atoms with E-state index in [1.807, 2.05) is 34.1 Å². The first-order valence-electron chi connectivity index (χ1n) is 13.1. The van der Waals surface area contributed by atoms with Crippen LogP contribution in [-0.2, 0) is 9.47 Å². The largest absolute Gasteiger partial charge is 0.383 e. The standard InChI is InChI=1S/C25H36N10O3/c1-18(2)35-20-14-21(27-16-19(20)17-28-35)29-22-15-23(31-24(30-22)33-9-12-38-13-10-33)32-5-7-34(8-6-32)25(36)26-4-11-37-3/h14-18H,4-13H2,1-3H3,(H,26,36)(H,27,29,30,31). The van der Waals surface area contributed by atoms with Crippen molar-refractivity contribution in [2.45, 2.75) is 19.9 Å². The molecule has 2 aliphatic rings. The average molecular weight is 525 g/mol. The second kappa shape index (κ2) is 11.8. The number of hydrogen-bond donors (Lipinski definition) is 2. The van der Waals surface area contributed by atoms with Crippen LogP contribution in [0.1, 0.15) is 19.9 Å². The summed E-state index contributed by atoms with van der Waals surface area (Å²) in [5.41, 5.74) is 1.01. The summed E-state index contributed by atoms with van der Waals surface area (Å²) in [6.45, 7) is 10.5. The third-order valence-electron chi connectivity index (χ3n) is 6.69. The summed E-state index contributed by atoms with van der Waals surface area (Å²) in [4.78, 5) is 32.9. The number of carbonyl (C=O) groups is 1. The van der Waals surface area contributed by atoms with Crippen molar-refractivity contribution in [1.29, 1.82) is 0 Å². The quantitative estimate of drug-likeness (QED) is 0.422. The van der Waals surface area contributed by atoms with Crippen molar-refractivity contribution < 1.29 is 14.3 Å². The lowest BCUT2D eigenvalue weighted by Crippen LogP contribution is -2.52. The molecule has 2 N–H and O–H groups in total. The molecule has 13 heteroatoms. The SMILES string of the molecule is COCCNC(=O)N1CCN(c2cc(Nc3cc4c(cn3)cnn4C(C)C)nc(N3CCOCC3)n2)CC1. The van der Waals surface area contributed by atoms with Crippen molar-refractivity contribution in [2.75, 3.05) is 87.9 Å². The first-order valence-corrected chi connectivity index (χ1v) is 13.1. The summed E-state index contributed by atoms with van der Waals surface area (Å²) < 4.78 is 12.5. The number of morpholine rings is 1. The van der Waals surface area contributed by atoms with Gasteiger partial charge in [-0.3, -0.25) is 4.68 Å². The monoisotopic (exact) mass is 524 g/mol. The fourth-order valence-electron chi connectivity index (χ4n) is 4.61. The minimum atomic E-state index is -0.0668. The van der Waals surface area contributed by atoms with Gasteiger partial charge in [0.2, 0.25) is 5.95 Å². The number of carbonyl (C=O) groups excluding carboxylic acids is 1. The fourth-order valence-corrected chi connectivity index (χ4v) is 4.61. The van der Waals surface area contributed by atoms with Crippen molar-refractivity contribution >= 4 is 40.3 Å². The maximum absolute atomic E-state index is 12.4. The van der Waals surface area contributed by atoms with Gasteiger partial charge in [0, 0.05) is 82.7 Å². The molecule has 0 radical (unpaired) electrons. The Morgan fingerprint density at radius 3 is 2.55 bits per heavy atom. The predicted octanol–water partition coefficient (Wildman–Crippen LogP) is 1.86. The first kappa shape index (κ1) is 25.9. The topological polar surface area (TPSA) is 126 Å². The maximum atomic E-state index is 12.4. The number of nitrogens with one attached hydrogen (secondary N) is 2. The molecule has 0 aliphatic carbocycles. The van der Waals surface area contributed by atoms with Gasteiger partial charge in [0.25, 0.3) is 0 Å². The maximum Gasteiger partial charge on any atom is 0.317 e. The van der Waals surface area contributed by atoms with Crippen molar-refractivity contribution in [3.05, 3.63) is 24.5 Å². The summed E-state index contributed by atoms with van der Waals surface area (Å²) in [5.74, 6) is 2.83. The van der Waals surface area contributed by atoms with E-state index >= 15 is 0 Å². The molecule has 0 atom stereocenters. The van der Waals surface area contributed by atoms with Gasteiger partial charge < -0.3 is 34.8 Å². The molecule has 0 spiro atoms. The molecule has 0 unspecified atom stereocenters. The molecule has 2 aliphatic heterocycles. The van der Waals surface area contributed by atoms with Crippen molar-refractivity contribution in [2.24, 2.45) is 0 Å². The van der Waals surface area contributed by atoms with Gasteiger partial charge >= 0.3 is 6.03 Å². The molecule has 2 saturated heterocycles. The zero-order valence-electron chi connectivity index (χ0n) is 22.3. The van der Waals surface area contributed by atoms with Gasteiger partial charge in [-0.1, -0.05) is 0 Å². The molecular weight excluding hydrogens is 488 g/mol. The van der Waals surface area contributed by atoms with E-state index in [1.54, 1.807) is 7.11 Å². The molecule has 2 amide bonds. The van der Waals surface area contributed by atoms with Crippen LogP contribution in [0.3, 0.4) is 0 Å². The Labute approximate surface area is 222 Å². The molecule has 204 valence electrons. The molecule has 0 saturated carbocycles. The normalized spacial score (nSPS) is 16.4. The Bertz CT molecular complexity index is 1240. The van der Waals surface area contributed by atoms with Crippen molar-refractivity contribution in [3.8, 4) is 0 Å². The van der Waals surface area contributed by atoms with Crippen LogP contribution in [0.4, 0.5) is 28.2 Å².